The highest BCUT2D eigenvalue weighted by Gasteiger charge is 2.36. The summed E-state index contributed by atoms with van der Waals surface area (Å²) in [6.07, 6.45) is 0.455. The number of hydrogen-bond acceptors (Lipinski definition) is 3. The lowest BCUT2D eigenvalue weighted by atomic mass is 10.1. The predicted octanol–water partition coefficient (Wildman–Crippen LogP) is 2.70. The quantitative estimate of drug-likeness (QED) is 0.914. The van der Waals surface area contributed by atoms with Crippen LogP contribution in [0.4, 0.5) is 5.69 Å². The van der Waals surface area contributed by atoms with Gasteiger partial charge in [0.25, 0.3) is 0 Å². The molecule has 0 spiro atoms. The van der Waals surface area contributed by atoms with E-state index < -0.39 is 16.1 Å². The summed E-state index contributed by atoms with van der Waals surface area (Å²) in [4.78, 5) is 14.5. The molecule has 3 rings (SSSR count). The Hall–Kier alpha value is -2.18. The van der Waals surface area contributed by atoms with Gasteiger partial charge in [0.2, 0.25) is 15.9 Å². The zero-order valence-electron chi connectivity index (χ0n) is 14.6. The lowest BCUT2D eigenvalue weighted by Gasteiger charge is -2.18. The average Bonchev–Trinajstić information content (AvgIpc) is 2.91. The third kappa shape index (κ3) is 3.45. The highest BCUT2D eigenvalue weighted by Crippen LogP contribution is 2.24. The zero-order valence-corrected chi connectivity index (χ0v) is 15.4. The summed E-state index contributed by atoms with van der Waals surface area (Å²) in [6, 6.07) is 12.1. The van der Waals surface area contributed by atoms with Crippen LogP contribution < -0.4 is 9.62 Å². The number of carbonyl (C=O) groups is 1. The molecule has 0 aliphatic carbocycles. The SMILES string of the molecule is Cc1ccc(N2CC[C@@H](NS(=O)(=O)c3cccc(C)c3C)C2=O)cc1. The third-order valence-electron chi connectivity index (χ3n) is 4.69. The van der Waals surface area contributed by atoms with Crippen LogP contribution in [-0.2, 0) is 14.8 Å². The number of nitrogens with zero attached hydrogens (tertiary/aromatic N) is 1. The standard InChI is InChI=1S/C19H22N2O3S/c1-13-7-9-16(10-8-13)21-12-11-17(19(21)22)20-25(23,24)18-6-4-5-14(2)15(18)3/h4-10,17,20H,11-12H2,1-3H3/t17-/m1/s1. The molecule has 0 saturated carbocycles. The monoisotopic (exact) mass is 358 g/mol. The summed E-state index contributed by atoms with van der Waals surface area (Å²) >= 11 is 0. The highest BCUT2D eigenvalue weighted by atomic mass is 32.2. The van der Waals surface area contributed by atoms with Crippen molar-refractivity contribution in [1.82, 2.24) is 4.72 Å². The first-order chi connectivity index (χ1) is 11.8. The van der Waals surface area contributed by atoms with Gasteiger partial charge in [-0.25, -0.2) is 8.42 Å². The van der Waals surface area contributed by atoms with E-state index in [4.69, 9.17) is 0 Å². The van der Waals surface area contributed by atoms with Gasteiger partial charge in [-0.1, -0.05) is 29.8 Å². The van der Waals surface area contributed by atoms with Crippen LogP contribution in [0.25, 0.3) is 0 Å². The molecule has 1 heterocycles. The maximum atomic E-state index is 12.7. The van der Waals surface area contributed by atoms with Gasteiger partial charge in [-0.3, -0.25) is 4.79 Å². The second-order valence-corrected chi connectivity index (χ2v) is 8.17. The van der Waals surface area contributed by atoms with Crippen molar-refractivity contribution >= 4 is 21.6 Å². The normalized spacial score (nSPS) is 18.0. The summed E-state index contributed by atoms with van der Waals surface area (Å²) in [5.74, 6) is -0.210. The van der Waals surface area contributed by atoms with E-state index in [1.54, 1.807) is 24.0 Å². The molecule has 2 aromatic carbocycles. The smallest absolute Gasteiger partial charge is 0.245 e. The molecule has 1 aliphatic rings. The van der Waals surface area contributed by atoms with Crippen molar-refractivity contribution in [2.24, 2.45) is 0 Å². The van der Waals surface area contributed by atoms with Crippen LogP contribution in [-0.4, -0.2) is 26.9 Å². The van der Waals surface area contributed by atoms with Gasteiger partial charge in [-0.05, 0) is 56.5 Å². The van der Waals surface area contributed by atoms with E-state index >= 15 is 0 Å². The molecule has 132 valence electrons. The van der Waals surface area contributed by atoms with Crippen molar-refractivity contribution in [3.8, 4) is 0 Å². The Balaban J connectivity index is 1.81. The van der Waals surface area contributed by atoms with Crippen molar-refractivity contribution in [1.29, 1.82) is 0 Å². The molecule has 0 aromatic heterocycles. The summed E-state index contributed by atoms with van der Waals surface area (Å²) in [7, 11) is -3.74. The van der Waals surface area contributed by atoms with Gasteiger partial charge < -0.3 is 4.90 Å². The molecule has 0 bridgehead atoms. The van der Waals surface area contributed by atoms with Crippen LogP contribution in [0.1, 0.15) is 23.1 Å². The maximum absolute atomic E-state index is 12.7. The number of benzene rings is 2. The fourth-order valence-electron chi connectivity index (χ4n) is 3.04. The molecule has 2 aromatic rings. The Bertz CT molecular complexity index is 905. The van der Waals surface area contributed by atoms with E-state index in [1.165, 1.54) is 0 Å². The maximum Gasteiger partial charge on any atom is 0.245 e. The van der Waals surface area contributed by atoms with Gasteiger partial charge in [0.05, 0.1) is 4.90 Å². The number of aryl methyl sites for hydroxylation is 2. The molecule has 1 saturated heterocycles. The van der Waals surface area contributed by atoms with Gasteiger partial charge in [0.15, 0.2) is 0 Å². The van der Waals surface area contributed by atoms with Crippen molar-refractivity contribution < 1.29 is 13.2 Å². The zero-order chi connectivity index (χ0) is 18.2. The van der Waals surface area contributed by atoms with Crippen LogP contribution in [0.15, 0.2) is 47.4 Å². The largest absolute Gasteiger partial charge is 0.311 e. The van der Waals surface area contributed by atoms with Crippen LogP contribution in [0, 0.1) is 20.8 Å². The molecule has 1 atom stereocenters. The Morgan fingerprint density at radius 1 is 1.04 bits per heavy atom. The summed E-state index contributed by atoms with van der Waals surface area (Å²) in [6.45, 7) is 6.13. The average molecular weight is 358 g/mol. The molecule has 0 unspecified atom stereocenters. The van der Waals surface area contributed by atoms with E-state index in [1.807, 2.05) is 44.2 Å². The Morgan fingerprint density at radius 3 is 2.40 bits per heavy atom. The molecular formula is C19H22N2O3S. The second kappa shape index (κ2) is 6.61. The topological polar surface area (TPSA) is 66.5 Å². The first-order valence-corrected chi connectivity index (χ1v) is 9.74. The Labute approximate surface area is 148 Å². The van der Waals surface area contributed by atoms with Crippen LogP contribution in [0.2, 0.25) is 0 Å². The first kappa shape index (κ1) is 17.6. The molecular weight excluding hydrogens is 336 g/mol. The number of hydrogen-bond donors (Lipinski definition) is 1. The number of rotatable bonds is 4. The predicted molar refractivity (Wildman–Crippen MR) is 98.2 cm³/mol. The lowest BCUT2D eigenvalue weighted by molar-refractivity contribution is -0.118. The van der Waals surface area contributed by atoms with E-state index in [2.05, 4.69) is 4.72 Å². The lowest BCUT2D eigenvalue weighted by Crippen LogP contribution is -2.41. The van der Waals surface area contributed by atoms with Gasteiger partial charge >= 0.3 is 0 Å². The number of nitrogens with one attached hydrogen (secondary N) is 1. The van der Waals surface area contributed by atoms with Crippen LogP contribution in [0.3, 0.4) is 0 Å². The van der Waals surface area contributed by atoms with Gasteiger partial charge in [-0.15, -0.1) is 0 Å². The van der Waals surface area contributed by atoms with Gasteiger partial charge in [0, 0.05) is 12.2 Å². The third-order valence-corrected chi connectivity index (χ3v) is 6.31. The van der Waals surface area contributed by atoms with Crippen LogP contribution in [0.5, 0.6) is 0 Å². The first-order valence-electron chi connectivity index (χ1n) is 8.26. The van der Waals surface area contributed by atoms with E-state index in [-0.39, 0.29) is 10.8 Å². The molecule has 1 amide bonds. The fraction of sp³-hybridized carbons (Fsp3) is 0.316. The van der Waals surface area contributed by atoms with Crippen molar-refractivity contribution in [3.63, 3.8) is 0 Å². The van der Waals surface area contributed by atoms with E-state index in [9.17, 15) is 13.2 Å². The number of anilines is 1. The number of sulfonamides is 1. The molecule has 1 aliphatic heterocycles. The molecule has 1 N–H and O–H groups in total. The van der Waals surface area contributed by atoms with Crippen molar-refractivity contribution in [2.75, 3.05) is 11.4 Å². The molecule has 6 heteroatoms. The minimum atomic E-state index is -3.74. The summed E-state index contributed by atoms with van der Waals surface area (Å²) in [5.41, 5.74) is 3.52. The molecule has 0 radical (unpaired) electrons. The fourth-order valence-corrected chi connectivity index (χ4v) is 4.58. The van der Waals surface area contributed by atoms with E-state index in [0.29, 0.717) is 18.5 Å². The Kier molecular flexibility index (Phi) is 4.67. The second-order valence-electron chi connectivity index (χ2n) is 6.49. The van der Waals surface area contributed by atoms with Crippen LogP contribution >= 0.6 is 0 Å². The minimum Gasteiger partial charge on any atom is -0.311 e. The van der Waals surface area contributed by atoms with Crippen molar-refractivity contribution in [2.45, 2.75) is 38.1 Å². The van der Waals surface area contributed by atoms with E-state index in [0.717, 1.165) is 16.8 Å². The molecule has 1 fully saturated rings. The highest BCUT2D eigenvalue weighted by molar-refractivity contribution is 7.89. The number of carbonyl (C=O) groups excluding carboxylic acids is 1. The summed E-state index contributed by atoms with van der Waals surface area (Å²) < 4.78 is 28.0. The van der Waals surface area contributed by atoms with Crippen molar-refractivity contribution in [3.05, 3.63) is 59.2 Å². The minimum absolute atomic E-state index is 0.210. The summed E-state index contributed by atoms with van der Waals surface area (Å²) in [5, 5.41) is 0. The molecule has 5 nitrogen and oxygen atoms in total. The van der Waals surface area contributed by atoms with Gasteiger partial charge in [0.1, 0.15) is 6.04 Å². The molecule has 25 heavy (non-hydrogen) atoms. The Morgan fingerprint density at radius 2 is 1.72 bits per heavy atom. The van der Waals surface area contributed by atoms with Gasteiger partial charge in [-0.2, -0.15) is 4.72 Å². The number of amides is 1.